The lowest BCUT2D eigenvalue weighted by Gasteiger charge is -2.08. The number of carbonyl (C=O) groups excluding carboxylic acids is 1. The zero-order valence-electron chi connectivity index (χ0n) is 11.0. The Kier molecular flexibility index (Phi) is 4.49. The van der Waals surface area contributed by atoms with Crippen LogP contribution in [-0.4, -0.2) is 10.9 Å². The minimum absolute atomic E-state index is 0.126. The van der Waals surface area contributed by atoms with Crippen LogP contribution in [-0.2, 0) is 6.61 Å². The van der Waals surface area contributed by atoms with Crippen LogP contribution in [0.4, 0.5) is 4.39 Å². The molecule has 6 heteroatoms. The van der Waals surface area contributed by atoms with Gasteiger partial charge in [-0.05, 0) is 48.0 Å². The highest BCUT2D eigenvalue weighted by Crippen LogP contribution is 2.16. The molecule has 0 unspecified atom stereocenters. The van der Waals surface area contributed by atoms with Gasteiger partial charge in [-0.15, -0.1) is 0 Å². The van der Waals surface area contributed by atoms with Crippen molar-refractivity contribution in [3.05, 3.63) is 65.0 Å². The van der Waals surface area contributed by atoms with Gasteiger partial charge in [0.15, 0.2) is 0 Å². The van der Waals surface area contributed by atoms with Crippen LogP contribution in [0.3, 0.4) is 0 Å². The molecule has 0 spiro atoms. The smallest absolute Gasteiger partial charge is 0.248 e. The topological polar surface area (TPSA) is 78.3 Å². The number of thiocarbonyl (C=S) groups is 1. The summed E-state index contributed by atoms with van der Waals surface area (Å²) in [6.07, 6.45) is 0. The maximum Gasteiger partial charge on any atom is 0.248 e. The minimum Gasteiger partial charge on any atom is -0.489 e. The van der Waals surface area contributed by atoms with E-state index in [1.807, 2.05) is 0 Å². The highest BCUT2D eigenvalue weighted by atomic mass is 32.1. The Morgan fingerprint density at radius 1 is 1.10 bits per heavy atom. The monoisotopic (exact) mass is 304 g/mol. The highest BCUT2D eigenvalue weighted by molar-refractivity contribution is 7.80. The molecule has 4 nitrogen and oxygen atoms in total. The summed E-state index contributed by atoms with van der Waals surface area (Å²) in [5.74, 6) is -0.392. The van der Waals surface area contributed by atoms with E-state index >= 15 is 0 Å². The van der Waals surface area contributed by atoms with E-state index in [9.17, 15) is 9.18 Å². The van der Waals surface area contributed by atoms with E-state index in [0.29, 0.717) is 22.4 Å². The predicted molar refractivity (Wildman–Crippen MR) is 81.6 cm³/mol. The lowest BCUT2D eigenvalue weighted by molar-refractivity contribution is 0.1000. The molecule has 0 fully saturated rings. The van der Waals surface area contributed by atoms with Crippen molar-refractivity contribution in [1.82, 2.24) is 0 Å². The van der Waals surface area contributed by atoms with E-state index < -0.39 is 11.7 Å². The number of hydrogen-bond acceptors (Lipinski definition) is 3. The zero-order chi connectivity index (χ0) is 15.4. The second-order valence-corrected chi connectivity index (χ2v) is 4.83. The second kappa shape index (κ2) is 6.32. The van der Waals surface area contributed by atoms with E-state index in [0.717, 1.165) is 0 Å². The summed E-state index contributed by atoms with van der Waals surface area (Å²) in [5.41, 5.74) is 12.1. The fourth-order valence-electron chi connectivity index (χ4n) is 1.76. The van der Waals surface area contributed by atoms with Crippen LogP contribution in [0, 0.1) is 5.82 Å². The molecule has 4 N–H and O–H groups in total. The molecular formula is C15H13FN2O2S. The lowest BCUT2D eigenvalue weighted by Crippen LogP contribution is -2.11. The number of hydrogen-bond donors (Lipinski definition) is 2. The van der Waals surface area contributed by atoms with Gasteiger partial charge in [0.05, 0.1) is 0 Å². The van der Waals surface area contributed by atoms with E-state index in [1.165, 1.54) is 12.1 Å². The summed E-state index contributed by atoms with van der Waals surface area (Å²) in [6.45, 7) is 0.156. The van der Waals surface area contributed by atoms with Gasteiger partial charge in [-0.25, -0.2) is 4.39 Å². The van der Waals surface area contributed by atoms with Gasteiger partial charge >= 0.3 is 0 Å². The van der Waals surface area contributed by atoms with Crippen molar-refractivity contribution in [3.8, 4) is 5.75 Å². The summed E-state index contributed by atoms with van der Waals surface area (Å²) in [5, 5.41) is 0. The second-order valence-electron chi connectivity index (χ2n) is 4.39. The molecule has 0 saturated heterocycles. The van der Waals surface area contributed by atoms with Crippen molar-refractivity contribution in [2.75, 3.05) is 0 Å². The molecule has 0 radical (unpaired) electrons. The molecule has 0 aromatic heterocycles. The maximum absolute atomic E-state index is 13.4. The van der Waals surface area contributed by atoms with Gasteiger partial charge in [0.25, 0.3) is 0 Å². The fourth-order valence-corrected chi connectivity index (χ4v) is 1.88. The summed E-state index contributed by atoms with van der Waals surface area (Å²) in [7, 11) is 0. The first-order valence-corrected chi connectivity index (χ1v) is 6.48. The van der Waals surface area contributed by atoms with Crippen LogP contribution in [0.2, 0.25) is 0 Å². The molecule has 0 bridgehead atoms. The summed E-state index contributed by atoms with van der Waals surface area (Å²) in [6, 6.07) is 10.6. The SMILES string of the molecule is NC(=O)c1ccc(OCc2cc(F)cc(C(N)=S)c2)cc1. The molecule has 0 aliphatic heterocycles. The number of rotatable bonds is 5. The summed E-state index contributed by atoms with van der Waals surface area (Å²) in [4.78, 5) is 11.1. The third-order valence-corrected chi connectivity index (χ3v) is 3.02. The Bertz CT molecular complexity index is 687. The number of benzene rings is 2. The number of halogens is 1. The average molecular weight is 304 g/mol. The van der Waals surface area contributed by atoms with Crippen molar-refractivity contribution in [3.63, 3.8) is 0 Å². The number of carbonyl (C=O) groups is 1. The normalized spacial score (nSPS) is 10.1. The van der Waals surface area contributed by atoms with Crippen molar-refractivity contribution in [2.24, 2.45) is 11.5 Å². The molecule has 0 aliphatic carbocycles. The quantitative estimate of drug-likeness (QED) is 0.830. The molecule has 2 aromatic rings. The van der Waals surface area contributed by atoms with Crippen molar-refractivity contribution >= 4 is 23.1 Å². The van der Waals surface area contributed by atoms with Gasteiger partial charge < -0.3 is 16.2 Å². The Balaban J connectivity index is 2.09. The molecule has 2 rings (SSSR count). The van der Waals surface area contributed by atoms with Crippen LogP contribution >= 0.6 is 12.2 Å². The summed E-state index contributed by atoms with van der Waals surface area (Å²) < 4.78 is 18.9. The van der Waals surface area contributed by atoms with E-state index in [4.69, 9.17) is 28.4 Å². The first-order chi connectivity index (χ1) is 9.95. The number of nitrogens with two attached hydrogens (primary N) is 2. The molecule has 0 atom stereocenters. The summed E-state index contributed by atoms with van der Waals surface area (Å²) >= 11 is 4.82. The predicted octanol–water partition coefficient (Wildman–Crippen LogP) is 2.14. The number of primary amides is 1. The lowest BCUT2D eigenvalue weighted by atomic mass is 10.1. The van der Waals surface area contributed by atoms with Gasteiger partial charge in [0.1, 0.15) is 23.2 Å². The van der Waals surface area contributed by atoms with Crippen LogP contribution in [0.15, 0.2) is 42.5 Å². The third-order valence-electron chi connectivity index (χ3n) is 2.79. The molecule has 1 amide bonds. The molecule has 0 heterocycles. The Labute approximate surface area is 126 Å². The van der Waals surface area contributed by atoms with Gasteiger partial charge in [0, 0.05) is 11.1 Å². The average Bonchev–Trinajstić information content (AvgIpc) is 2.45. The van der Waals surface area contributed by atoms with Gasteiger partial charge in [-0.2, -0.15) is 0 Å². The minimum atomic E-state index is -0.507. The molecule has 21 heavy (non-hydrogen) atoms. The van der Waals surface area contributed by atoms with Crippen LogP contribution in [0.1, 0.15) is 21.5 Å². The fraction of sp³-hybridized carbons (Fsp3) is 0.0667. The Morgan fingerprint density at radius 3 is 2.33 bits per heavy atom. The van der Waals surface area contributed by atoms with E-state index in [1.54, 1.807) is 30.3 Å². The van der Waals surface area contributed by atoms with Crippen molar-refractivity contribution in [1.29, 1.82) is 0 Å². The van der Waals surface area contributed by atoms with Crippen molar-refractivity contribution < 1.29 is 13.9 Å². The van der Waals surface area contributed by atoms with Crippen LogP contribution in [0.25, 0.3) is 0 Å². The highest BCUT2D eigenvalue weighted by Gasteiger charge is 2.05. The van der Waals surface area contributed by atoms with Gasteiger partial charge in [-0.1, -0.05) is 12.2 Å². The van der Waals surface area contributed by atoms with E-state index in [-0.39, 0.29) is 11.6 Å². The Hall–Kier alpha value is -2.47. The maximum atomic E-state index is 13.4. The zero-order valence-corrected chi connectivity index (χ0v) is 11.8. The Morgan fingerprint density at radius 2 is 1.76 bits per heavy atom. The number of amides is 1. The molecule has 0 aliphatic rings. The largest absolute Gasteiger partial charge is 0.489 e. The molecular weight excluding hydrogens is 291 g/mol. The van der Waals surface area contributed by atoms with Crippen molar-refractivity contribution in [2.45, 2.75) is 6.61 Å². The van der Waals surface area contributed by atoms with Crippen LogP contribution < -0.4 is 16.2 Å². The number of ether oxygens (including phenoxy) is 1. The molecule has 108 valence electrons. The standard InChI is InChI=1S/C15H13FN2O2S/c16-12-6-9(5-11(7-12)15(18)21)8-20-13-3-1-10(2-4-13)14(17)19/h1-7H,8H2,(H2,17,19)(H2,18,21). The molecule has 2 aromatic carbocycles. The van der Waals surface area contributed by atoms with Crippen LogP contribution in [0.5, 0.6) is 5.75 Å². The first kappa shape index (κ1) is 14.9. The molecule has 0 saturated carbocycles. The van der Waals surface area contributed by atoms with Gasteiger partial charge in [-0.3, -0.25) is 4.79 Å². The van der Waals surface area contributed by atoms with Gasteiger partial charge in [0.2, 0.25) is 5.91 Å². The third kappa shape index (κ3) is 4.00. The first-order valence-electron chi connectivity index (χ1n) is 6.07. The van der Waals surface area contributed by atoms with E-state index in [2.05, 4.69) is 0 Å².